The molecule has 0 saturated carbocycles. The van der Waals surface area contributed by atoms with Gasteiger partial charge in [-0.1, -0.05) is 0 Å². The van der Waals surface area contributed by atoms with Crippen LogP contribution in [0.5, 0.6) is 0 Å². The number of H-pyrrole nitrogens is 1. The van der Waals surface area contributed by atoms with E-state index < -0.39 is 5.97 Å². The van der Waals surface area contributed by atoms with Gasteiger partial charge >= 0.3 is 5.97 Å². The number of rotatable bonds is 2. The van der Waals surface area contributed by atoms with Gasteiger partial charge in [-0.3, -0.25) is 5.10 Å². The van der Waals surface area contributed by atoms with Gasteiger partial charge in [-0.2, -0.15) is 5.10 Å². The number of carboxylic acids is 1. The van der Waals surface area contributed by atoms with Crippen LogP contribution in [0.2, 0.25) is 0 Å². The number of halogens is 1. The van der Waals surface area contributed by atoms with Crippen LogP contribution in [0.1, 0.15) is 12.5 Å². The lowest BCUT2D eigenvalue weighted by molar-refractivity contribution is -0.132. The van der Waals surface area contributed by atoms with Crippen LogP contribution in [0, 0.1) is 0 Å². The van der Waals surface area contributed by atoms with Crippen LogP contribution in [-0.4, -0.2) is 21.3 Å². The van der Waals surface area contributed by atoms with E-state index in [1.807, 2.05) is 0 Å². The number of carboxylic acid groups (broad SMARTS) is 1. The maximum Gasteiger partial charge on any atom is 0.331 e. The van der Waals surface area contributed by atoms with Crippen molar-refractivity contribution in [3.63, 3.8) is 0 Å². The van der Waals surface area contributed by atoms with E-state index in [1.54, 1.807) is 18.5 Å². The normalized spacial score (nSPS) is 10.6. The molecular formula is C7H9ClN2O2. The Kier molecular flexibility index (Phi) is 4.07. The number of nitrogens with zero attached hydrogens (tertiary/aromatic N) is 1. The van der Waals surface area contributed by atoms with E-state index >= 15 is 0 Å². The van der Waals surface area contributed by atoms with Crippen LogP contribution < -0.4 is 0 Å². The summed E-state index contributed by atoms with van der Waals surface area (Å²) < 4.78 is 0. The molecule has 66 valence electrons. The highest BCUT2D eigenvalue weighted by atomic mass is 35.5. The molecule has 0 amide bonds. The van der Waals surface area contributed by atoms with E-state index in [-0.39, 0.29) is 12.4 Å². The van der Waals surface area contributed by atoms with Crippen LogP contribution in [0.25, 0.3) is 6.08 Å². The molecule has 4 nitrogen and oxygen atoms in total. The van der Waals surface area contributed by atoms with Crippen molar-refractivity contribution < 1.29 is 9.90 Å². The van der Waals surface area contributed by atoms with Gasteiger partial charge in [0.1, 0.15) is 0 Å². The van der Waals surface area contributed by atoms with Crippen molar-refractivity contribution in [1.82, 2.24) is 10.2 Å². The topological polar surface area (TPSA) is 66.0 Å². The molecule has 0 radical (unpaired) electrons. The maximum absolute atomic E-state index is 10.3. The second-order valence-electron chi connectivity index (χ2n) is 2.16. The van der Waals surface area contributed by atoms with Gasteiger partial charge in [-0.05, 0) is 13.0 Å². The first-order chi connectivity index (χ1) is 5.20. The van der Waals surface area contributed by atoms with Crippen molar-refractivity contribution in [3.8, 4) is 0 Å². The van der Waals surface area contributed by atoms with Crippen molar-refractivity contribution in [2.24, 2.45) is 0 Å². The largest absolute Gasteiger partial charge is 0.478 e. The molecule has 1 aromatic rings. The zero-order chi connectivity index (χ0) is 8.27. The Bertz CT molecular complexity index is 280. The summed E-state index contributed by atoms with van der Waals surface area (Å²) in [5.74, 6) is -0.911. The lowest BCUT2D eigenvalue weighted by Gasteiger charge is -1.88. The molecule has 0 aliphatic carbocycles. The zero-order valence-corrected chi connectivity index (χ0v) is 7.26. The van der Waals surface area contributed by atoms with E-state index in [2.05, 4.69) is 10.2 Å². The number of hydrogen-bond donors (Lipinski definition) is 2. The molecule has 5 heteroatoms. The highest BCUT2D eigenvalue weighted by Crippen LogP contribution is 2.02. The molecule has 0 saturated heterocycles. The van der Waals surface area contributed by atoms with Gasteiger partial charge in [0.15, 0.2) is 0 Å². The van der Waals surface area contributed by atoms with E-state index in [0.29, 0.717) is 5.57 Å². The molecule has 1 heterocycles. The summed E-state index contributed by atoms with van der Waals surface area (Å²) in [4.78, 5) is 10.3. The molecule has 0 atom stereocenters. The minimum Gasteiger partial charge on any atom is -0.478 e. The number of carbonyl (C=O) groups is 1. The third-order valence-electron chi connectivity index (χ3n) is 1.24. The lowest BCUT2D eigenvalue weighted by atomic mass is 10.2. The van der Waals surface area contributed by atoms with Crippen molar-refractivity contribution >= 4 is 24.5 Å². The first-order valence-electron chi connectivity index (χ1n) is 3.10. The van der Waals surface area contributed by atoms with Crippen LogP contribution >= 0.6 is 12.4 Å². The summed E-state index contributed by atoms with van der Waals surface area (Å²) in [7, 11) is 0. The first kappa shape index (κ1) is 10.7. The standard InChI is InChI=1S/C7H8N2O2.ClH/c1-5(7(10)11)2-6-3-8-9-4-6;/h2-4H,1H3,(H,8,9)(H,10,11);1H. The van der Waals surface area contributed by atoms with Gasteiger partial charge in [0, 0.05) is 17.3 Å². The molecule has 0 aliphatic heterocycles. The first-order valence-corrected chi connectivity index (χ1v) is 3.10. The molecule has 1 rings (SSSR count). The monoisotopic (exact) mass is 188 g/mol. The summed E-state index contributed by atoms with van der Waals surface area (Å²) in [5.41, 5.74) is 1.07. The zero-order valence-electron chi connectivity index (χ0n) is 6.44. The fourth-order valence-electron chi connectivity index (χ4n) is 0.652. The summed E-state index contributed by atoms with van der Waals surface area (Å²) >= 11 is 0. The van der Waals surface area contributed by atoms with Gasteiger partial charge in [-0.15, -0.1) is 12.4 Å². The van der Waals surface area contributed by atoms with Crippen LogP contribution in [0.15, 0.2) is 18.0 Å². The smallest absolute Gasteiger partial charge is 0.331 e. The molecular weight excluding hydrogens is 180 g/mol. The Morgan fingerprint density at radius 1 is 1.75 bits per heavy atom. The number of aromatic nitrogens is 2. The number of nitrogens with one attached hydrogen (secondary N) is 1. The Labute approximate surface area is 75.7 Å². The highest BCUT2D eigenvalue weighted by molar-refractivity contribution is 5.91. The predicted molar refractivity (Wildman–Crippen MR) is 47.1 cm³/mol. The van der Waals surface area contributed by atoms with E-state index in [1.165, 1.54) is 6.92 Å². The predicted octanol–water partition coefficient (Wildman–Crippen LogP) is 1.32. The number of aliphatic carboxylic acids is 1. The Balaban J connectivity index is 0.00000121. The molecule has 0 aromatic carbocycles. The minimum atomic E-state index is -0.911. The lowest BCUT2D eigenvalue weighted by Crippen LogP contribution is -1.94. The van der Waals surface area contributed by atoms with E-state index in [0.717, 1.165) is 5.56 Å². The van der Waals surface area contributed by atoms with Gasteiger partial charge in [-0.25, -0.2) is 4.79 Å². The third kappa shape index (κ3) is 2.75. The fourth-order valence-corrected chi connectivity index (χ4v) is 0.652. The number of hydrogen-bond acceptors (Lipinski definition) is 2. The second-order valence-corrected chi connectivity index (χ2v) is 2.16. The molecule has 12 heavy (non-hydrogen) atoms. The SMILES string of the molecule is CC(=Cc1cn[nH]c1)C(=O)O.Cl. The van der Waals surface area contributed by atoms with Crippen molar-refractivity contribution in [3.05, 3.63) is 23.5 Å². The molecule has 1 aromatic heterocycles. The molecule has 0 unspecified atom stereocenters. The van der Waals surface area contributed by atoms with Crippen LogP contribution in [0.4, 0.5) is 0 Å². The van der Waals surface area contributed by atoms with E-state index in [4.69, 9.17) is 5.11 Å². The van der Waals surface area contributed by atoms with Gasteiger partial charge in [0.2, 0.25) is 0 Å². The summed E-state index contributed by atoms with van der Waals surface area (Å²) in [6, 6.07) is 0. The average molecular weight is 189 g/mol. The van der Waals surface area contributed by atoms with Gasteiger partial charge < -0.3 is 5.11 Å². The van der Waals surface area contributed by atoms with Gasteiger partial charge in [0.05, 0.1) is 6.20 Å². The molecule has 0 bridgehead atoms. The molecule has 0 aliphatic rings. The Morgan fingerprint density at radius 3 is 2.83 bits per heavy atom. The Morgan fingerprint density at radius 2 is 2.42 bits per heavy atom. The minimum absolute atomic E-state index is 0. The van der Waals surface area contributed by atoms with Gasteiger partial charge in [0.25, 0.3) is 0 Å². The summed E-state index contributed by atoms with van der Waals surface area (Å²) in [6.45, 7) is 1.54. The molecule has 0 spiro atoms. The Hall–Kier alpha value is -1.29. The maximum atomic E-state index is 10.3. The number of aromatic amines is 1. The summed E-state index contributed by atoms with van der Waals surface area (Å²) in [5, 5.41) is 14.7. The average Bonchev–Trinajstić information content (AvgIpc) is 2.39. The highest BCUT2D eigenvalue weighted by Gasteiger charge is 1.99. The van der Waals surface area contributed by atoms with Crippen LogP contribution in [-0.2, 0) is 4.79 Å². The second kappa shape index (κ2) is 4.56. The quantitative estimate of drug-likeness (QED) is 0.688. The molecule has 0 fully saturated rings. The van der Waals surface area contributed by atoms with Crippen LogP contribution in [0.3, 0.4) is 0 Å². The van der Waals surface area contributed by atoms with E-state index in [9.17, 15) is 4.79 Å². The van der Waals surface area contributed by atoms with Crippen molar-refractivity contribution in [2.75, 3.05) is 0 Å². The third-order valence-corrected chi connectivity index (χ3v) is 1.24. The van der Waals surface area contributed by atoms with Crippen molar-refractivity contribution in [2.45, 2.75) is 6.92 Å². The van der Waals surface area contributed by atoms with Crippen molar-refractivity contribution in [1.29, 1.82) is 0 Å². The summed E-state index contributed by atoms with van der Waals surface area (Å²) in [6.07, 6.45) is 4.74. The fraction of sp³-hybridized carbons (Fsp3) is 0.143. The molecule has 2 N–H and O–H groups in total.